The van der Waals surface area contributed by atoms with Crippen molar-refractivity contribution in [1.82, 2.24) is 4.90 Å². The highest BCUT2D eigenvalue weighted by Crippen LogP contribution is 2.35. The van der Waals surface area contributed by atoms with E-state index in [0.29, 0.717) is 12.1 Å². The summed E-state index contributed by atoms with van der Waals surface area (Å²) < 4.78 is 5.89. The fourth-order valence-corrected chi connectivity index (χ4v) is 3.36. The van der Waals surface area contributed by atoms with Gasteiger partial charge in [-0.05, 0) is 62.9 Å². The summed E-state index contributed by atoms with van der Waals surface area (Å²) in [6.07, 6.45) is 6.47. The molecule has 0 aromatic heterocycles. The zero-order chi connectivity index (χ0) is 12.5. The van der Waals surface area contributed by atoms with Crippen LogP contribution in [0.5, 0.6) is 0 Å². The summed E-state index contributed by atoms with van der Waals surface area (Å²) in [4.78, 5) is 2.37. The molecule has 2 heteroatoms. The Balaban J connectivity index is 1.92. The molecule has 3 rings (SSSR count). The number of hydrogen-bond donors (Lipinski definition) is 0. The molecule has 0 N–H and O–H groups in total. The molecule has 18 heavy (non-hydrogen) atoms. The Bertz CT molecular complexity index is 421. The van der Waals surface area contributed by atoms with E-state index in [1.165, 1.54) is 37.7 Å². The van der Waals surface area contributed by atoms with Gasteiger partial charge in [0.2, 0.25) is 0 Å². The molecule has 0 radical (unpaired) electrons. The van der Waals surface area contributed by atoms with E-state index in [0.717, 1.165) is 6.61 Å². The Morgan fingerprint density at radius 1 is 1.22 bits per heavy atom. The third-order valence-corrected chi connectivity index (χ3v) is 4.50. The van der Waals surface area contributed by atoms with E-state index in [-0.39, 0.29) is 0 Å². The number of fused-ring (bicyclic) bond motifs is 1. The van der Waals surface area contributed by atoms with E-state index in [9.17, 15) is 0 Å². The van der Waals surface area contributed by atoms with Crippen molar-refractivity contribution in [2.24, 2.45) is 0 Å². The Labute approximate surface area is 110 Å². The average Bonchev–Trinajstić information content (AvgIpc) is 2.91. The predicted molar refractivity (Wildman–Crippen MR) is 73.9 cm³/mol. The highest BCUT2D eigenvalue weighted by atomic mass is 16.5. The quantitative estimate of drug-likeness (QED) is 0.794. The maximum absolute atomic E-state index is 5.89. The van der Waals surface area contributed by atoms with Gasteiger partial charge in [-0.2, -0.15) is 0 Å². The molecule has 0 bridgehead atoms. The summed E-state index contributed by atoms with van der Waals surface area (Å²) in [5.74, 6) is 0. The lowest BCUT2D eigenvalue weighted by molar-refractivity contribution is 0.110. The molecule has 1 saturated heterocycles. The van der Waals surface area contributed by atoms with Gasteiger partial charge in [0.25, 0.3) is 0 Å². The molecule has 1 fully saturated rings. The first kappa shape index (κ1) is 12.2. The van der Waals surface area contributed by atoms with Crippen LogP contribution in [0.1, 0.15) is 42.1 Å². The molecule has 2 nitrogen and oxygen atoms in total. The lowest BCUT2D eigenvalue weighted by Crippen LogP contribution is -2.34. The average molecular weight is 245 g/mol. The topological polar surface area (TPSA) is 12.5 Å². The molecule has 1 aliphatic carbocycles. The van der Waals surface area contributed by atoms with Gasteiger partial charge in [-0.25, -0.2) is 0 Å². The lowest BCUT2D eigenvalue weighted by Gasteiger charge is -2.32. The fraction of sp³-hybridized carbons (Fsp3) is 0.625. The van der Waals surface area contributed by atoms with Crippen LogP contribution in [0.25, 0.3) is 0 Å². The molecule has 1 aromatic carbocycles. The first-order valence-corrected chi connectivity index (χ1v) is 7.14. The van der Waals surface area contributed by atoms with Crippen LogP contribution in [0.2, 0.25) is 0 Å². The van der Waals surface area contributed by atoms with Gasteiger partial charge >= 0.3 is 0 Å². The number of rotatable bonds is 2. The molecule has 1 unspecified atom stereocenters. The van der Waals surface area contributed by atoms with Crippen molar-refractivity contribution in [2.45, 2.75) is 44.2 Å². The summed E-state index contributed by atoms with van der Waals surface area (Å²) in [5.41, 5.74) is 4.60. The van der Waals surface area contributed by atoms with Crippen molar-refractivity contribution in [3.8, 4) is 0 Å². The zero-order valence-electron chi connectivity index (χ0n) is 11.5. The second-order valence-electron chi connectivity index (χ2n) is 5.85. The Hall–Kier alpha value is -0.860. The van der Waals surface area contributed by atoms with E-state index >= 15 is 0 Å². The van der Waals surface area contributed by atoms with E-state index in [4.69, 9.17) is 4.74 Å². The summed E-state index contributed by atoms with van der Waals surface area (Å²) in [7, 11) is 4.40. The summed E-state index contributed by atoms with van der Waals surface area (Å²) >= 11 is 0. The highest BCUT2D eigenvalue weighted by molar-refractivity contribution is 5.39. The van der Waals surface area contributed by atoms with Crippen LogP contribution in [0.15, 0.2) is 18.2 Å². The van der Waals surface area contributed by atoms with Crippen LogP contribution in [0.3, 0.4) is 0 Å². The molecule has 0 saturated carbocycles. The molecule has 1 aromatic rings. The second-order valence-corrected chi connectivity index (χ2v) is 5.85. The summed E-state index contributed by atoms with van der Waals surface area (Å²) in [6, 6.07) is 7.50. The van der Waals surface area contributed by atoms with Crippen LogP contribution in [0, 0.1) is 0 Å². The smallest absolute Gasteiger partial charge is 0.0828 e. The Morgan fingerprint density at radius 3 is 2.83 bits per heavy atom. The van der Waals surface area contributed by atoms with Crippen molar-refractivity contribution in [2.75, 3.05) is 20.7 Å². The molecule has 2 aliphatic rings. The van der Waals surface area contributed by atoms with Gasteiger partial charge in [-0.15, -0.1) is 0 Å². The molecular formula is C16H23NO. The Morgan fingerprint density at radius 2 is 2.11 bits per heavy atom. The van der Waals surface area contributed by atoms with Crippen molar-refractivity contribution in [1.29, 1.82) is 0 Å². The van der Waals surface area contributed by atoms with Crippen LogP contribution >= 0.6 is 0 Å². The van der Waals surface area contributed by atoms with Crippen molar-refractivity contribution in [3.05, 3.63) is 34.9 Å². The minimum atomic E-state index is 0.362. The number of aryl methyl sites for hydroxylation is 1. The fourth-order valence-electron chi connectivity index (χ4n) is 3.36. The zero-order valence-corrected chi connectivity index (χ0v) is 11.5. The molecule has 98 valence electrons. The van der Waals surface area contributed by atoms with Crippen LogP contribution < -0.4 is 0 Å². The molecule has 1 heterocycles. The molecule has 1 aliphatic heterocycles. The van der Waals surface area contributed by atoms with Crippen LogP contribution in [-0.4, -0.2) is 31.6 Å². The van der Waals surface area contributed by atoms with Gasteiger partial charge in [0.15, 0.2) is 0 Å². The lowest BCUT2D eigenvalue weighted by atomic mass is 9.83. The SMILES string of the molecule is CN(C)C1CCc2cccc([C@H]3CCCO3)c2C1. The predicted octanol–water partition coefficient (Wildman–Crippen LogP) is 2.96. The normalized spacial score (nSPS) is 27.5. The monoisotopic (exact) mass is 245 g/mol. The number of likely N-dealkylation sites (N-methyl/N-ethyl adjacent to an activating group) is 1. The second kappa shape index (κ2) is 5.02. The van der Waals surface area contributed by atoms with Crippen LogP contribution in [-0.2, 0) is 17.6 Å². The first-order chi connectivity index (χ1) is 8.75. The molecule has 0 amide bonds. The minimum Gasteiger partial charge on any atom is -0.374 e. The highest BCUT2D eigenvalue weighted by Gasteiger charge is 2.26. The maximum atomic E-state index is 5.89. The van der Waals surface area contributed by atoms with E-state index in [1.54, 1.807) is 11.1 Å². The van der Waals surface area contributed by atoms with Crippen molar-refractivity contribution >= 4 is 0 Å². The van der Waals surface area contributed by atoms with Gasteiger partial charge in [-0.3, -0.25) is 0 Å². The third-order valence-electron chi connectivity index (χ3n) is 4.50. The van der Waals surface area contributed by atoms with Crippen molar-refractivity contribution < 1.29 is 4.74 Å². The maximum Gasteiger partial charge on any atom is 0.0828 e. The number of nitrogens with zero attached hydrogens (tertiary/aromatic N) is 1. The van der Waals surface area contributed by atoms with Crippen LogP contribution in [0.4, 0.5) is 0 Å². The van der Waals surface area contributed by atoms with E-state index < -0.39 is 0 Å². The van der Waals surface area contributed by atoms with Gasteiger partial charge in [0, 0.05) is 12.6 Å². The number of ether oxygens (including phenoxy) is 1. The van der Waals surface area contributed by atoms with Gasteiger partial charge in [0.05, 0.1) is 6.10 Å². The standard InChI is InChI=1S/C16H23NO/c1-17(2)13-9-8-12-5-3-6-14(15(12)11-13)16-7-4-10-18-16/h3,5-6,13,16H,4,7-11H2,1-2H3/t13?,16-/m1/s1. The first-order valence-electron chi connectivity index (χ1n) is 7.14. The van der Waals surface area contributed by atoms with Gasteiger partial charge in [0.1, 0.15) is 0 Å². The van der Waals surface area contributed by atoms with Crippen molar-refractivity contribution in [3.63, 3.8) is 0 Å². The molecule has 0 spiro atoms. The van der Waals surface area contributed by atoms with Gasteiger partial charge in [-0.1, -0.05) is 18.2 Å². The molecular weight excluding hydrogens is 222 g/mol. The third kappa shape index (κ3) is 2.19. The van der Waals surface area contributed by atoms with Gasteiger partial charge < -0.3 is 9.64 Å². The number of benzene rings is 1. The van der Waals surface area contributed by atoms with E-state index in [1.807, 2.05) is 0 Å². The summed E-state index contributed by atoms with van der Waals surface area (Å²) in [6.45, 7) is 0.936. The number of hydrogen-bond acceptors (Lipinski definition) is 2. The minimum absolute atomic E-state index is 0.362. The Kier molecular flexibility index (Phi) is 3.40. The molecule has 2 atom stereocenters. The van der Waals surface area contributed by atoms with E-state index in [2.05, 4.69) is 37.2 Å². The summed E-state index contributed by atoms with van der Waals surface area (Å²) in [5, 5.41) is 0. The largest absolute Gasteiger partial charge is 0.374 e.